The van der Waals surface area contributed by atoms with Crippen LogP contribution in [0.2, 0.25) is 10.0 Å². The molecule has 0 saturated carbocycles. The molecule has 0 aliphatic heterocycles. The number of anilines is 1. The van der Waals surface area contributed by atoms with Gasteiger partial charge in [-0.1, -0.05) is 77.4 Å². The van der Waals surface area contributed by atoms with Crippen LogP contribution in [-0.4, -0.2) is 20.8 Å². The highest BCUT2D eigenvalue weighted by Gasteiger charge is 2.23. The van der Waals surface area contributed by atoms with Crippen LogP contribution in [0.1, 0.15) is 35.5 Å². The summed E-state index contributed by atoms with van der Waals surface area (Å²) in [6.07, 6.45) is 0. The summed E-state index contributed by atoms with van der Waals surface area (Å²) in [5.41, 5.74) is 4.82. The summed E-state index contributed by atoms with van der Waals surface area (Å²) in [5.74, 6) is 1.27. The number of nitrogens with one attached hydrogen (secondary N) is 2. The Morgan fingerprint density at radius 1 is 1.00 bits per heavy atom. The Bertz CT molecular complexity index is 1360. The molecule has 35 heavy (non-hydrogen) atoms. The van der Waals surface area contributed by atoms with Crippen molar-refractivity contribution < 1.29 is 4.79 Å². The normalized spacial score (nSPS) is 11.8. The molecule has 0 aliphatic carbocycles. The summed E-state index contributed by atoms with van der Waals surface area (Å²) < 4.78 is 1.88. The van der Waals surface area contributed by atoms with Gasteiger partial charge in [0.1, 0.15) is 0 Å². The Kier molecular flexibility index (Phi) is 8.00. The van der Waals surface area contributed by atoms with E-state index in [9.17, 15) is 4.79 Å². The maximum Gasteiger partial charge on any atom is 0.319 e. The molecule has 1 atom stereocenters. The largest absolute Gasteiger partial charge is 0.328 e. The van der Waals surface area contributed by atoms with Gasteiger partial charge in [-0.3, -0.25) is 4.57 Å². The fraction of sp³-hybridized carbons (Fsp3) is 0.192. The van der Waals surface area contributed by atoms with Crippen LogP contribution in [0.15, 0.2) is 71.9 Å². The quantitative estimate of drug-likeness (QED) is 0.247. The van der Waals surface area contributed by atoms with Gasteiger partial charge < -0.3 is 10.6 Å². The number of para-hydroxylation sites is 1. The number of aryl methyl sites for hydroxylation is 2. The minimum atomic E-state index is -0.453. The second kappa shape index (κ2) is 11.2. The number of halogens is 2. The number of urea groups is 1. The van der Waals surface area contributed by atoms with E-state index in [-0.39, 0.29) is 6.03 Å². The van der Waals surface area contributed by atoms with Crippen molar-refractivity contribution in [3.05, 3.63) is 99.3 Å². The van der Waals surface area contributed by atoms with Crippen molar-refractivity contribution in [1.82, 2.24) is 20.1 Å². The zero-order valence-corrected chi connectivity index (χ0v) is 21.9. The number of nitrogens with zero attached hydrogens (tertiary/aromatic N) is 3. The van der Waals surface area contributed by atoms with Crippen LogP contribution in [0.25, 0.3) is 5.69 Å². The zero-order valence-electron chi connectivity index (χ0n) is 19.5. The average Bonchev–Trinajstić information content (AvgIpc) is 3.24. The third-order valence-electron chi connectivity index (χ3n) is 5.56. The third-order valence-corrected chi connectivity index (χ3v) is 7.07. The van der Waals surface area contributed by atoms with Crippen molar-refractivity contribution in [3.63, 3.8) is 0 Å². The summed E-state index contributed by atoms with van der Waals surface area (Å²) in [5, 5.41) is 16.4. The Hall–Kier alpha value is -3.00. The summed E-state index contributed by atoms with van der Waals surface area (Å²) in [7, 11) is 0. The van der Waals surface area contributed by atoms with E-state index < -0.39 is 6.04 Å². The highest BCUT2D eigenvalue weighted by atomic mass is 35.5. The van der Waals surface area contributed by atoms with Gasteiger partial charge in [-0.2, -0.15) is 0 Å². The number of rotatable bonds is 7. The van der Waals surface area contributed by atoms with Gasteiger partial charge in [-0.05, 0) is 61.7 Å². The molecule has 3 aromatic carbocycles. The van der Waals surface area contributed by atoms with Gasteiger partial charge in [0, 0.05) is 16.5 Å². The molecule has 0 spiro atoms. The van der Waals surface area contributed by atoms with Gasteiger partial charge in [0.2, 0.25) is 0 Å². The lowest BCUT2D eigenvalue weighted by molar-refractivity contribution is 0.248. The first-order valence-corrected chi connectivity index (χ1v) is 12.8. The fourth-order valence-corrected chi connectivity index (χ4v) is 5.11. The van der Waals surface area contributed by atoms with Crippen LogP contribution < -0.4 is 10.6 Å². The topological polar surface area (TPSA) is 71.8 Å². The van der Waals surface area contributed by atoms with Crippen molar-refractivity contribution >= 4 is 46.7 Å². The number of amides is 2. The lowest BCUT2D eigenvalue weighted by atomic mass is 10.1. The summed E-state index contributed by atoms with van der Waals surface area (Å²) >= 11 is 14.3. The first kappa shape index (κ1) is 25.1. The van der Waals surface area contributed by atoms with E-state index in [1.165, 1.54) is 11.1 Å². The van der Waals surface area contributed by atoms with E-state index >= 15 is 0 Å². The van der Waals surface area contributed by atoms with Crippen molar-refractivity contribution in [2.45, 2.75) is 37.7 Å². The molecular weight excluding hydrogens is 501 g/mol. The number of hydrogen-bond donors (Lipinski definition) is 2. The van der Waals surface area contributed by atoms with Gasteiger partial charge in [0.25, 0.3) is 0 Å². The van der Waals surface area contributed by atoms with Gasteiger partial charge in [0.05, 0.1) is 16.8 Å². The average molecular weight is 526 g/mol. The lowest BCUT2D eigenvalue weighted by Crippen LogP contribution is -2.32. The van der Waals surface area contributed by atoms with E-state index in [0.29, 0.717) is 32.5 Å². The Labute approximate surface area is 219 Å². The van der Waals surface area contributed by atoms with E-state index in [2.05, 4.69) is 39.9 Å². The maximum absolute atomic E-state index is 12.7. The van der Waals surface area contributed by atoms with Crippen LogP contribution in [0, 0.1) is 13.8 Å². The van der Waals surface area contributed by atoms with Crippen molar-refractivity contribution in [2.75, 3.05) is 5.32 Å². The smallest absolute Gasteiger partial charge is 0.319 e. The molecule has 1 heterocycles. The molecule has 1 aromatic heterocycles. The monoisotopic (exact) mass is 525 g/mol. The molecular formula is C26H25Cl2N5OS. The van der Waals surface area contributed by atoms with Gasteiger partial charge in [-0.15, -0.1) is 10.2 Å². The van der Waals surface area contributed by atoms with Crippen LogP contribution >= 0.6 is 35.0 Å². The van der Waals surface area contributed by atoms with Crippen molar-refractivity contribution in [2.24, 2.45) is 0 Å². The SMILES string of the molecule is Cc1ccccc1CSc1nnc(C(C)NC(=O)Nc2ccccc2C)n1-c1ccc(Cl)cc1Cl. The summed E-state index contributed by atoms with van der Waals surface area (Å²) in [4.78, 5) is 12.7. The fourth-order valence-electron chi connectivity index (χ4n) is 3.59. The maximum atomic E-state index is 12.7. The molecule has 2 N–H and O–H groups in total. The zero-order chi connectivity index (χ0) is 24.9. The van der Waals surface area contributed by atoms with E-state index in [1.54, 1.807) is 23.9 Å². The molecule has 6 nitrogen and oxygen atoms in total. The summed E-state index contributed by atoms with van der Waals surface area (Å²) in [6, 6.07) is 20.3. The van der Waals surface area contributed by atoms with Crippen molar-refractivity contribution in [1.29, 1.82) is 0 Å². The van der Waals surface area contributed by atoms with E-state index in [1.807, 2.05) is 60.9 Å². The molecule has 0 fully saturated rings. The van der Waals surface area contributed by atoms with Crippen LogP contribution in [0.3, 0.4) is 0 Å². The van der Waals surface area contributed by atoms with Gasteiger partial charge in [-0.25, -0.2) is 4.79 Å². The third kappa shape index (κ3) is 5.99. The molecule has 9 heteroatoms. The van der Waals surface area contributed by atoms with Crippen molar-refractivity contribution in [3.8, 4) is 5.69 Å². The molecule has 4 aromatic rings. The first-order chi connectivity index (χ1) is 16.8. The molecule has 4 rings (SSSR count). The van der Waals surface area contributed by atoms with E-state index in [4.69, 9.17) is 23.2 Å². The second-order valence-corrected chi connectivity index (χ2v) is 9.91. The molecule has 0 saturated heterocycles. The standard InChI is InChI=1S/C26H25Cl2N5OS/c1-16-8-4-6-10-19(16)15-35-26-32-31-24(33(26)23-13-12-20(27)14-21(23)28)18(3)29-25(34)30-22-11-7-5-9-17(22)2/h4-14,18H,15H2,1-3H3,(H2,29,30,34). The van der Waals surface area contributed by atoms with Crippen LogP contribution in [0.5, 0.6) is 0 Å². The van der Waals surface area contributed by atoms with E-state index in [0.717, 1.165) is 11.3 Å². The highest BCUT2D eigenvalue weighted by molar-refractivity contribution is 7.98. The highest BCUT2D eigenvalue weighted by Crippen LogP contribution is 2.32. The van der Waals surface area contributed by atoms with Crippen LogP contribution in [0.4, 0.5) is 10.5 Å². The Balaban J connectivity index is 1.62. The predicted octanol–water partition coefficient (Wildman–Crippen LogP) is 7.37. The molecule has 1 unspecified atom stereocenters. The summed E-state index contributed by atoms with van der Waals surface area (Å²) in [6.45, 7) is 5.88. The van der Waals surface area contributed by atoms with Crippen LogP contribution in [-0.2, 0) is 5.75 Å². The Morgan fingerprint density at radius 3 is 2.43 bits per heavy atom. The minimum absolute atomic E-state index is 0.335. The number of carbonyl (C=O) groups is 1. The number of benzene rings is 3. The minimum Gasteiger partial charge on any atom is -0.328 e. The lowest BCUT2D eigenvalue weighted by Gasteiger charge is -2.18. The number of carbonyl (C=O) groups excluding carboxylic acids is 1. The number of thioether (sulfide) groups is 1. The second-order valence-electron chi connectivity index (χ2n) is 8.12. The predicted molar refractivity (Wildman–Crippen MR) is 144 cm³/mol. The molecule has 0 aliphatic rings. The number of hydrogen-bond acceptors (Lipinski definition) is 4. The first-order valence-electron chi connectivity index (χ1n) is 11.0. The molecule has 180 valence electrons. The van der Waals surface area contributed by atoms with Gasteiger partial charge >= 0.3 is 6.03 Å². The Morgan fingerprint density at radius 2 is 1.71 bits per heavy atom. The molecule has 0 bridgehead atoms. The number of aromatic nitrogens is 3. The molecule has 2 amide bonds. The molecule has 0 radical (unpaired) electrons. The van der Waals surface area contributed by atoms with Gasteiger partial charge in [0.15, 0.2) is 11.0 Å².